The van der Waals surface area contributed by atoms with Crippen LogP contribution in [0.15, 0.2) is 27.1 Å². The van der Waals surface area contributed by atoms with Gasteiger partial charge in [0, 0.05) is 21.1 Å². The van der Waals surface area contributed by atoms with Crippen LogP contribution >= 0.6 is 31.9 Å². The zero-order chi connectivity index (χ0) is 14.3. The normalized spacial score (nSPS) is 10.8. The Morgan fingerprint density at radius 1 is 1.16 bits per heavy atom. The first kappa shape index (κ1) is 16.7. The van der Waals surface area contributed by atoms with Crippen molar-refractivity contribution in [2.24, 2.45) is 0 Å². The maximum absolute atomic E-state index is 12.0. The number of amides is 1. The van der Waals surface area contributed by atoms with Gasteiger partial charge in [-0.05, 0) is 44.3 Å². The van der Waals surface area contributed by atoms with Crippen molar-refractivity contribution in [2.75, 3.05) is 26.2 Å². The van der Waals surface area contributed by atoms with Crippen LogP contribution in [-0.2, 0) is 0 Å². The van der Waals surface area contributed by atoms with E-state index in [0.29, 0.717) is 12.1 Å². The third kappa shape index (κ3) is 6.06. The summed E-state index contributed by atoms with van der Waals surface area (Å²) >= 11 is 6.77. The van der Waals surface area contributed by atoms with E-state index in [2.05, 4.69) is 55.9 Å². The molecular weight excluding hydrogens is 372 g/mol. The van der Waals surface area contributed by atoms with Gasteiger partial charge in [0.15, 0.2) is 0 Å². The lowest BCUT2D eigenvalue weighted by molar-refractivity contribution is 0.0951. The SMILES string of the molecule is CCN(CC)CCCNC(=O)c1cc(Br)cc(Br)c1. The fraction of sp³-hybridized carbons (Fsp3) is 0.500. The molecule has 0 unspecified atom stereocenters. The summed E-state index contributed by atoms with van der Waals surface area (Å²) in [4.78, 5) is 14.3. The molecule has 0 aliphatic carbocycles. The van der Waals surface area contributed by atoms with Crippen LogP contribution in [0.1, 0.15) is 30.6 Å². The van der Waals surface area contributed by atoms with Gasteiger partial charge < -0.3 is 10.2 Å². The van der Waals surface area contributed by atoms with Gasteiger partial charge in [-0.2, -0.15) is 0 Å². The van der Waals surface area contributed by atoms with Gasteiger partial charge in [-0.1, -0.05) is 45.7 Å². The summed E-state index contributed by atoms with van der Waals surface area (Å²) in [5, 5.41) is 2.95. The van der Waals surface area contributed by atoms with Crippen molar-refractivity contribution in [1.82, 2.24) is 10.2 Å². The minimum Gasteiger partial charge on any atom is -0.352 e. The molecule has 106 valence electrons. The smallest absolute Gasteiger partial charge is 0.251 e. The van der Waals surface area contributed by atoms with Gasteiger partial charge in [0.1, 0.15) is 0 Å². The Hall–Kier alpha value is -0.390. The number of hydrogen-bond acceptors (Lipinski definition) is 2. The molecule has 0 heterocycles. The molecule has 0 aliphatic rings. The Morgan fingerprint density at radius 3 is 2.26 bits per heavy atom. The summed E-state index contributed by atoms with van der Waals surface area (Å²) in [7, 11) is 0. The number of carbonyl (C=O) groups is 1. The fourth-order valence-corrected chi connectivity index (χ4v) is 3.13. The summed E-state index contributed by atoms with van der Waals surface area (Å²) in [5.74, 6) is -0.0263. The fourth-order valence-electron chi connectivity index (χ4n) is 1.83. The molecule has 0 atom stereocenters. The maximum atomic E-state index is 12.0. The van der Waals surface area contributed by atoms with Crippen molar-refractivity contribution < 1.29 is 4.79 Å². The predicted octanol–water partition coefficient (Wildman–Crippen LogP) is 3.67. The quantitative estimate of drug-likeness (QED) is 0.719. The maximum Gasteiger partial charge on any atom is 0.251 e. The van der Waals surface area contributed by atoms with E-state index in [1.807, 2.05) is 18.2 Å². The second-order valence-electron chi connectivity index (χ2n) is 4.29. The Morgan fingerprint density at radius 2 is 1.74 bits per heavy atom. The van der Waals surface area contributed by atoms with Crippen LogP contribution in [0.3, 0.4) is 0 Å². The molecule has 0 fully saturated rings. The highest BCUT2D eigenvalue weighted by molar-refractivity contribution is 9.11. The standard InChI is InChI=1S/C14H20Br2N2O/c1-3-18(4-2)7-5-6-17-14(19)11-8-12(15)10-13(16)9-11/h8-10H,3-7H2,1-2H3,(H,17,19). The molecular formula is C14H20Br2N2O. The summed E-state index contributed by atoms with van der Waals surface area (Å²) in [6.07, 6.45) is 0.975. The van der Waals surface area contributed by atoms with Gasteiger partial charge in [0.25, 0.3) is 5.91 Å². The topological polar surface area (TPSA) is 32.3 Å². The highest BCUT2D eigenvalue weighted by Crippen LogP contribution is 2.19. The van der Waals surface area contributed by atoms with E-state index >= 15 is 0 Å². The average Bonchev–Trinajstić information content (AvgIpc) is 2.37. The zero-order valence-electron chi connectivity index (χ0n) is 11.4. The van der Waals surface area contributed by atoms with Gasteiger partial charge in [0.2, 0.25) is 0 Å². The Labute approximate surface area is 132 Å². The number of carbonyl (C=O) groups excluding carboxylic acids is 1. The van der Waals surface area contributed by atoms with Gasteiger partial charge >= 0.3 is 0 Å². The van der Waals surface area contributed by atoms with E-state index in [-0.39, 0.29) is 5.91 Å². The van der Waals surface area contributed by atoms with Crippen molar-refractivity contribution in [3.05, 3.63) is 32.7 Å². The van der Waals surface area contributed by atoms with Crippen LogP contribution in [0.5, 0.6) is 0 Å². The molecule has 0 bridgehead atoms. The van der Waals surface area contributed by atoms with Gasteiger partial charge in [-0.3, -0.25) is 4.79 Å². The molecule has 1 N–H and O–H groups in total. The van der Waals surface area contributed by atoms with Crippen LogP contribution in [-0.4, -0.2) is 37.0 Å². The minimum absolute atomic E-state index is 0.0263. The summed E-state index contributed by atoms with van der Waals surface area (Å²) < 4.78 is 1.80. The average molecular weight is 392 g/mol. The summed E-state index contributed by atoms with van der Waals surface area (Å²) in [6, 6.07) is 5.56. The molecule has 1 rings (SSSR count). The third-order valence-electron chi connectivity index (χ3n) is 2.96. The van der Waals surface area contributed by atoms with E-state index in [4.69, 9.17) is 0 Å². The van der Waals surface area contributed by atoms with E-state index in [1.165, 1.54) is 0 Å². The number of rotatable bonds is 7. The Kier molecular flexibility index (Phi) is 7.64. The van der Waals surface area contributed by atoms with E-state index in [1.54, 1.807) is 0 Å². The monoisotopic (exact) mass is 390 g/mol. The second kappa shape index (κ2) is 8.72. The number of halogens is 2. The van der Waals surface area contributed by atoms with Crippen LogP contribution < -0.4 is 5.32 Å². The molecule has 0 saturated carbocycles. The molecule has 1 aromatic rings. The lowest BCUT2D eigenvalue weighted by Gasteiger charge is -2.17. The number of hydrogen-bond donors (Lipinski definition) is 1. The van der Waals surface area contributed by atoms with E-state index in [0.717, 1.165) is 35.0 Å². The van der Waals surface area contributed by atoms with E-state index in [9.17, 15) is 4.79 Å². The molecule has 0 radical (unpaired) electrons. The largest absolute Gasteiger partial charge is 0.352 e. The van der Waals surface area contributed by atoms with Crippen molar-refractivity contribution in [2.45, 2.75) is 20.3 Å². The molecule has 0 aliphatic heterocycles. The van der Waals surface area contributed by atoms with Crippen molar-refractivity contribution in [3.63, 3.8) is 0 Å². The molecule has 5 heteroatoms. The summed E-state index contributed by atoms with van der Waals surface area (Å²) in [5.41, 5.74) is 0.670. The molecule has 0 saturated heterocycles. The highest BCUT2D eigenvalue weighted by atomic mass is 79.9. The number of nitrogens with one attached hydrogen (secondary N) is 1. The van der Waals surface area contributed by atoms with Crippen LogP contribution in [0.4, 0.5) is 0 Å². The predicted molar refractivity (Wildman–Crippen MR) is 86.6 cm³/mol. The van der Waals surface area contributed by atoms with Crippen molar-refractivity contribution in [3.8, 4) is 0 Å². The molecule has 0 aromatic heterocycles. The lowest BCUT2D eigenvalue weighted by atomic mass is 10.2. The van der Waals surface area contributed by atoms with Crippen molar-refractivity contribution in [1.29, 1.82) is 0 Å². The first-order valence-corrected chi connectivity index (χ1v) is 8.12. The summed E-state index contributed by atoms with van der Waals surface area (Å²) in [6.45, 7) is 8.16. The van der Waals surface area contributed by atoms with Gasteiger partial charge in [0.05, 0.1) is 0 Å². The molecule has 0 spiro atoms. The number of nitrogens with zero attached hydrogens (tertiary/aromatic N) is 1. The third-order valence-corrected chi connectivity index (χ3v) is 3.87. The highest BCUT2D eigenvalue weighted by Gasteiger charge is 2.07. The van der Waals surface area contributed by atoms with Gasteiger partial charge in [-0.15, -0.1) is 0 Å². The first-order valence-electron chi connectivity index (χ1n) is 6.53. The van der Waals surface area contributed by atoms with Crippen LogP contribution in [0, 0.1) is 0 Å². The van der Waals surface area contributed by atoms with Crippen LogP contribution in [0.2, 0.25) is 0 Å². The number of benzene rings is 1. The molecule has 19 heavy (non-hydrogen) atoms. The lowest BCUT2D eigenvalue weighted by Crippen LogP contribution is -2.29. The molecule has 1 amide bonds. The Balaban J connectivity index is 2.39. The molecule has 1 aromatic carbocycles. The Bertz CT molecular complexity index is 400. The molecule has 3 nitrogen and oxygen atoms in total. The zero-order valence-corrected chi connectivity index (χ0v) is 14.6. The van der Waals surface area contributed by atoms with Crippen LogP contribution in [0.25, 0.3) is 0 Å². The minimum atomic E-state index is -0.0263. The first-order chi connectivity index (χ1) is 9.06. The van der Waals surface area contributed by atoms with E-state index < -0.39 is 0 Å². The van der Waals surface area contributed by atoms with Gasteiger partial charge in [-0.25, -0.2) is 0 Å². The van der Waals surface area contributed by atoms with Crippen molar-refractivity contribution >= 4 is 37.8 Å². The second-order valence-corrected chi connectivity index (χ2v) is 6.13.